The van der Waals surface area contributed by atoms with Crippen molar-refractivity contribution in [3.8, 4) is 0 Å². The summed E-state index contributed by atoms with van der Waals surface area (Å²) in [5.74, 6) is -0.315. The first-order chi connectivity index (χ1) is 8.20. The molecule has 1 aromatic carbocycles. The van der Waals surface area contributed by atoms with Crippen molar-refractivity contribution in [3.63, 3.8) is 0 Å². The summed E-state index contributed by atoms with van der Waals surface area (Å²) < 4.78 is 5.88. The van der Waals surface area contributed by atoms with Crippen LogP contribution in [0, 0.1) is 0 Å². The number of rotatable bonds is 2. The Bertz CT molecular complexity index is 505. The van der Waals surface area contributed by atoms with Gasteiger partial charge in [0.05, 0.1) is 6.61 Å². The highest BCUT2D eigenvalue weighted by Gasteiger charge is 2.09. The Hall–Kier alpha value is -1.29. The quantitative estimate of drug-likeness (QED) is 0.847. The molecule has 0 aliphatic carbocycles. The summed E-state index contributed by atoms with van der Waals surface area (Å²) in [6.07, 6.45) is 0. The van der Waals surface area contributed by atoms with Gasteiger partial charge >= 0.3 is 5.97 Å². The molecule has 3 nitrogen and oxygen atoms in total. The Morgan fingerprint density at radius 3 is 2.71 bits per heavy atom. The lowest BCUT2D eigenvalue weighted by molar-refractivity contribution is 0.0520. The standard InChI is InChI=1S/C11H10BrNO2.C2H6/c1-2-15-11(14)10-5-7-3-4-8(12)6-9(7)13-10;1-2/h3-6,13H,2H2,1H3;1-2H3. The maximum atomic E-state index is 11.4. The Labute approximate surface area is 109 Å². The number of hydrogen-bond donors (Lipinski definition) is 1. The molecule has 0 bridgehead atoms. The van der Waals surface area contributed by atoms with Crippen LogP contribution >= 0.6 is 15.9 Å². The minimum absolute atomic E-state index is 0.315. The van der Waals surface area contributed by atoms with Crippen LogP contribution in [0.15, 0.2) is 28.7 Å². The first kappa shape index (κ1) is 13.8. The molecule has 0 amide bonds. The molecule has 17 heavy (non-hydrogen) atoms. The van der Waals surface area contributed by atoms with Crippen molar-refractivity contribution in [2.24, 2.45) is 0 Å². The summed E-state index contributed by atoms with van der Waals surface area (Å²) >= 11 is 3.37. The van der Waals surface area contributed by atoms with Gasteiger partial charge in [0.15, 0.2) is 0 Å². The molecule has 2 aromatic rings. The van der Waals surface area contributed by atoms with E-state index in [2.05, 4.69) is 20.9 Å². The minimum atomic E-state index is -0.315. The van der Waals surface area contributed by atoms with Crippen LogP contribution in [0.1, 0.15) is 31.3 Å². The van der Waals surface area contributed by atoms with E-state index >= 15 is 0 Å². The van der Waals surface area contributed by atoms with Gasteiger partial charge in [0.1, 0.15) is 5.69 Å². The summed E-state index contributed by atoms with van der Waals surface area (Å²) in [5.41, 5.74) is 1.41. The van der Waals surface area contributed by atoms with Gasteiger partial charge in [0, 0.05) is 15.4 Å². The molecule has 0 atom stereocenters. The molecule has 0 radical (unpaired) electrons. The van der Waals surface area contributed by atoms with Gasteiger partial charge in [-0.2, -0.15) is 0 Å². The lowest BCUT2D eigenvalue weighted by atomic mass is 10.2. The maximum absolute atomic E-state index is 11.4. The predicted molar refractivity (Wildman–Crippen MR) is 73.3 cm³/mol. The largest absolute Gasteiger partial charge is 0.461 e. The molecule has 0 saturated heterocycles. The Kier molecular flexibility index (Phi) is 5.22. The molecule has 0 fully saturated rings. The molecule has 2 rings (SSSR count). The third kappa shape index (κ3) is 3.33. The number of hydrogen-bond acceptors (Lipinski definition) is 2. The molecule has 0 unspecified atom stereocenters. The number of nitrogens with one attached hydrogen (secondary N) is 1. The van der Waals surface area contributed by atoms with Crippen LogP contribution in [-0.2, 0) is 4.74 Å². The molecule has 0 spiro atoms. The van der Waals surface area contributed by atoms with Crippen molar-refractivity contribution in [3.05, 3.63) is 34.4 Å². The van der Waals surface area contributed by atoms with Crippen LogP contribution in [0.3, 0.4) is 0 Å². The second kappa shape index (κ2) is 6.45. The molecule has 0 aliphatic heterocycles. The molecular weight excluding hydrogens is 282 g/mol. The van der Waals surface area contributed by atoms with E-state index in [0.29, 0.717) is 12.3 Å². The summed E-state index contributed by atoms with van der Waals surface area (Å²) in [5, 5.41) is 1.00. The SMILES string of the molecule is CC.CCOC(=O)c1cc2ccc(Br)cc2[nH]1. The second-order valence-corrected chi connectivity index (χ2v) is 4.05. The number of carbonyl (C=O) groups excluding carboxylic acids is 1. The first-order valence-electron chi connectivity index (χ1n) is 5.66. The molecule has 4 heteroatoms. The Balaban J connectivity index is 0.000000686. The number of H-pyrrole nitrogens is 1. The van der Waals surface area contributed by atoms with E-state index in [1.165, 1.54) is 0 Å². The van der Waals surface area contributed by atoms with Crippen LogP contribution in [0.5, 0.6) is 0 Å². The maximum Gasteiger partial charge on any atom is 0.354 e. The summed E-state index contributed by atoms with van der Waals surface area (Å²) in [7, 11) is 0. The van der Waals surface area contributed by atoms with Gasteiger partial charge in [-0.3, -0.25) is 0 Å². The van der Waals surface area contributed by atoms with Gasteiger partial charge in [-0.25, -0.2) is 4.79 Å². The van der Waals surface area contributed by atoms with Crippen LogP contribution in [0.25, 0.3) is 10.9 Å². The van der Waals surface area contributed by atoms with Crippen LogP contribution in [0.2, 0.25) is 0 Å². The van der Waals surface area contributed by atoms with E-state index < -0.39 is 0 Å². The van der Waals surface area contributed by atoms with Crippen molar-refractivity contribution < 1.29 is 9.53 Å². The van der Waals surface area contributed by atoms with Gasteiger partial charge in [0.2, 0.25) is 0 Å². The number of halogens is 1. The normalized spacial score (nSPS) is 9.65. The number of benzene rings is 1. The fourth-order valence-electron chi connectivity index (χ4n) is 1.42. The van der Waals surface area contributed by atoms with E-state index in [1.54, 1.807) is 13.0 Å². The van der Waals surface area contributed by atoms with Gasteiger partial charge in [0.25, 0.3) is 0 Å². The second-order valence-electron chi connectivity index (χ2n) is 3.14. The van der Waals surface area contributed by atoms with Crippen molar-refractivity contribution in [2.45, 2.75) is 20.8 Å². The van der Waals surface area contributed by atoms with E-state index in [9.17, 15) is 4.79 Å². The average Bonchev–Trinajstić information content (AvgIpc) is 2.75. The molecule has 0 aliphatic rings. The number of aromatic amines is 1. The number of esters is 1. The van der Waals surface area contributed by atoms with Crippen LogP contribution in [0.4, 0.5) is 0 Å². The highest BCUT2D eigenvalue weighted by molar-refractivity contribution is 9.10. The Morgan fingerprint density at radius 2 is 2.06 bits per heavy atom. The highest BCUT2D eigenvalue weighted by Crippen LogP contribution is 2.20. The van der Waals surface area contributed by atoms with Crippen LogP contribution in [-0.4, -0.2) is 17.6 Å². The fraction of sp³-hybridized carbons (Fsp3) is 0.308. The summed E-state index contributed by atoms with van der Waals surface area (Å²) in [6.45, 7) is 6.18. The lowest BCUT2D eigenvalue weighted by Crippen LogP contribution is -2.04. The minimum Gasteiger partial charge on any atom is -0.461 e. The molecule has 92 valence electrons. The Morgan fingerprint density at radius 1 is 1.35 bits per heavy atom. The zero-order valence-corrected chi connectivity index (χ0v) is 11.8. The van der Waals surface area contributed by atoms with E-state index in [-0.39, 0.29) is 5.97 Å². The fourth-order valence-corrected chi connectivity index (χ4v) is 1.78. The van der Waals surface area contributed by atoms with Crippen molar-refractivity contribution >= 4 is 32.8 Å². The molecule has 1 N–H and O–H groups in total. The van der Waals surface area contributed by atoms with Crippen molar-refractivity contribution in [2.75, 3.05) is 6.61 Å². The number of aromatic nitrogens is 1. The van der Waals surface area contributed by atoms with Crippen LogP contribution < -0.4 is 0 Å². The van der Waals surface area contributed by atoms with Gasteiger partial charge < -0.3 is 9.72 Å². The summed E-state index contributed by atoms with van der Waals surface area (Å²) in [6, 6.07) is 7.60. The zero-order chi connectivity index (χ0) is 12.8. The third-order valence-corrected chi connectivity index (χ3v) is 2.57. The topological polar surface area (TPSA) is 42.1 Å². The van der Waals surface area contributed by atoms with Gasteiger partial charge in [-0.15, -0.1) is 0 Å². The first-order valence-corrected chi connectivity index (χ1v) is 6.45. The lowest BCUT2D eigenvalue weighted by Gasteiger charge is -1.96. The molecular formula is C13H16BrNO2. The monoisotopic (exact) mass is 297 g/mol. The third-order valence-electron chi connectivity index (χ3n) is 2.08. The number of fused-ring (bicyclic) bond motifs is 1. The molecule has 0 saturated carbocycles. The van der Waals surface area contributed by atoms with E-state index in [1.807, 2.05) is 32.0 Å². The van der Waals surface area contributed by atoms with Crippen molar-refractivity contribution in [1.82, 2.24) is 4.98 Å². The summed E-state index contributed by atoms with van der Waals surface area (Å²) in [4.78, 5) is 14.5. The molecule has 1 heterocycles. The van der Waals surface area contributed by atoms with Gasteiger partial charge in [-0.05, 0) is 25.1 Å². The number of ether oxygens (including phenoxy) is 1. The van der Waals surface area contributed by atoms with Crippen molar-refractivity contribution in [1.29, 1.82) is 0 Å². The average molecular weight is 298 g/mol. The predicted octanol–water partition coefficient (Wildman–Crippen LogP) is 4.13. The smallest absolute Gasteiger partial charge is 0.354 e. The zero-order valence-electron chi connectivity index (χ0n) is 10.2. The van der Waals surface area contributed by atoms with Gasteiger partial charge in [-0.1, -0.05) is 35.8 Å². The van der Waals surface area contributed by atoms with E-state index in [0.717, 1.165) is 15.4 Å². The number of carbonyl (C=O) groups is 1. The highest BCUT2D eigenvalue weighted by atomic mass is 79.9. The van der Waals surface area contributed by atoms with E-state index in [4.69, 9.17) is 4.74 Å². The molecule has 1 aromatic heterocycles.